The fraction of sp³-hybridized carbons (Fsp3) is 0.423. The molecule has 0 radical (unpaired) electrons. The molecule has 178 valence electrons. The van der Waals surface area contributed by atoms with Crippen molar-refractivity contribution in [1.29, 1.82) is 0 Å². The molecule has 4 rings (SSSR count). The number of anilines is 1. The van der Waals surface area contributed by atoms with E-state index < -0.39 is 0 Å². The molecule has 1 aliphatic carbocycles. The lowest BCUT2D eigenvalue weighted by Crippen LogP contribution is -2.25. The van der Waals surface area contributed by atoms with Crippen molar-refractivity contribution in [3.8, 4) is 11.1 Å². The van der Waals surface area contributed by atoms with E-state index in [1.54, 1.807) is 6.20 Å². The summed E-state index contributed by atoms with van der Waals surface area (Å²) in [4.78, 5) is 33.2. The van der Waals surface area contributed by atoms with Crippen LogP contribution in [0.2, 0.25) is 0 Å². The quantitative estimate of drug-likeness (QED) is 0.521. The molecule has 8 nitrogen and oxygen atoms in total. The zero-order valence-electron chi connectivity index (χ0n) is 20.3. The third-order valence-electron chi connectivity index (χ3n) is 5.77. The first-order valence-electron chi connectivity index (χ1n) is 11.6. The van der Waals surface area contributed by atoms with Gasteiger partial charge in [0.1, 0.15) is 5.82 Å². The number of carbonyl (C=O) groups is 2. The van der Waals surface area contributed by atoms with Crippen LogP contribution in [0.5, 0.6) is 0 Å². The highest BCUT2D eigenvalue weighted by Gasteiger charge is 2.29. The number of benzene rings is 1. The van der Waals surface area contributed by atoms with Crippen LogP contribution in [0.15, 0.2) is 41.1 Å². The van der Waals surface area contributed by atoms with E-state index in [4.69, 9.17) is 4.52 Å². The predicted octanol–water partition coefficient (Wildman–Crippen LogP) is 4.83. The van der Waals surface area contributed by atoms with E-state index in [-0.39, 0.29) is 34.9 Å². The Balaban J connectivity index is 1.49. The van der Waals surface area contributed by atoms with E-state index in [0.29, 0.717) is 18.3 Å². The van der Waals surface area contributed by atoms with Gasteiger partial charge in [-0.3, -0.25) is 9.59 Å². The Kier molecular flexibility index (Phi) is 6.50. The summed E-state index contributed by atoms with van der Waals surface area (Å²) < 4.78 is 5.23. The second kappa shape index (κ2) is 9.37. The van der Waals surface area contributed by atoms with Crippen LogP contribution in [0.25, 0.3) is 11.1 Å². The summed E-state index contributed by atoms with van der Waals surface area (Å²) in [7, 11) is 0. The molecule has 8 heteroatoms. The van der Waals surface area contributed by atoms with Crippen LogP contribution in [0, 0.1) is 5.92 Å². The molecule has 0 saturated heterocycles. The lowest BCUT2D eigenvalue weighted by molar-refractivity contribution is -0.117. The summed E-state index contributed by atoms with van der Waals surface area (Å²) >= 11 is 0. The van der Waals surface area contributed by atoms with Crippen molar-refractivity contribution >= 4 is 17.6 Å². The van der Waals surface area contributed by atoms with Crippen molar-refractivity contribution in [3.05, 3.63) is 59.4 Å². The predicted molar refractivity (Wildman–Crippen MR) is 129 cm³/mol. The molecule has 2 heterocycles. The summed E-state index contributed by atoms with van der Waals surface area (Å²) in [5.41, 5.74) is 3.82. The minimum atomic E-state index is -0.372. The first kappa shape index (κ1) is 23.6. The molecule has 0 atom stereocenters. The van der Waals surface area contributed by atoms with Crippen LogP contribution in [-0.4, -0.2) is 26.9 Å². The monoisotopic (exact) mass is 461 g/mol. The molecular formula is C26H31N5O3. The van der Waals surface area contributed by atoms with Gasteiger partial charge in [-0.15, -0.1) is 0 Å². The molecule has 3 aromatic rings. The number of rotatable bonds is 7. The molecule has 0 bridgehead atoms. The summed E-state index contributed by atoms with van der Waals surface area (Å²) in [6, 6.07) is 9.98. The number of aromatic nitrogens is 3. The molecular weight excluding hydrogens is 430 g/mol. The van der Waals surface area contributed by atoms with Gasteiger partial charge in [-0.25, -0.2) is 4.98 Å². The Labute approximate surface area is 199 Å². The Bertz CT molecular complexity index is 1210. The van der Waals surface area contributed by atoms with Crippen molar-refractivity contribution in [2.24, 2.45) is 5.92 Å². The van der Waals surface area contributed by atoms with E-state index in [1.807, 2.05) is 45.0 Å². The topological polar surface area (TPSA) is 110 Å². The first-order valence-corrected chi connectivity index (χ1v) is 11.6. The summed E-state index contributed by atoms with van der Waals surface area (Å²) in [5, 5.41) is 9.62. The van der Waals surface area contributed by atoms with Gasteiger partial charge >= 0.3 is 0 Å². The van der Waals surface area contributed by atoms with Crippen molar-refractivity contribution in [3.63, 3.8) is 0 Å². The van der Waals surface area contributed by atoms with Crippen LogP contribution in [0.1, 0.15) is 81.0 Å². The lowest BCUT2D eigenvalue weighted by Gasteiger charge is -2.16. The van der Waals surface area contributed by atoms with Crippen molar-refractivity contribution in [2.45, 2.75) is 65.3 Å². The van der Waals surface area contributed by atoms with Gasteiger partial charge in [0.25, 0.3) is 11.7 Å². The van der Waals surface area contributed by atoms with E-state index in [9.17, 15) is 9.59 Å². The third-order valence-corrected chi connectivity index (χ3v) is 5.77. The summed E-state index contributed by atoms with van der Waals surface area (Å²) in [6.45, 7) is 10.4. The molecule has 34 heavy (non-hydrogen) atoms. The number of hydrogen-bond acceptors (Lipinski definition) is 6. The Morgan fingerprint density at radius 3 is 2.50 bits per heavy atom. The largest absolute Gasteiger partial charge is 0.345 e. The van der Waals surface area contributed by atoms with Crippen molar-refractivity contribution in [1.82, 2.24) is 20.4 Å². The highest BCUT2D eigenvalue weighted by atomic mass is 16.5. The molecule has 1 aromatic carbocycles. The lowest BCUT2D eigenvalue weighted by atomic mass is 9.93. The van der Waals surface area contributed by atoms with Gasteiger partial charge in [0.05, 0.1) is 0 Å². The second-order valence-electron chi connectivity index (χ2n) is 10.1. The number of nitrogens with zero attached hydrogens (tertiary/aromatic N) is 3. The minimum Gasteiger partial charge on any atom is -0.345 e. The van der Waals surface area contributed by atoms with Crippen molar-refractivity contribution < 1.29 is 14.1 Å². The Hall–Kier alpha value is -3.55. The zero-order chi connectivity index (χ0) is 24.5. The van der Waals surface area contributed by atoms with Crippen LogP contribution in [0.4, 0.5) is 5.82 Å². The highest BCUT2D eigenvalue weighted by Crippen LogP contribution is 2.31. The van der Waals surface area contributed by atoms with E-state index in [1.165, 1.54) is 0 Å². The van der Waals surface area contributed by atoms with E-state index in [2.05, 4.69) is 45.7 Å². The number of amides is 2. The summed E-state index contributed by atoms with van der Waals surface area (Å²) in [5.74, 6) is 1.06. The van der Waals surface area contributed by atoms with Crippen LogP contribution in [0.3, 0.4) is 0 Å². The Morgan fingerprint density at radius 1 is 1.12 bits per heavy atom. The van der Waals surface area contributed by atoms with Gasteiger partial charge in [-0.1, -0.05) is 58.0 Å². The molecule has 0 aliphatic heterocycles. The van der Waals surface area contributed by atoms with Crippen LogP contribution < -0.4 is 10.6 Å². The van der Waals surface area contributed by atoms with Crippen molar-refractivity contribution in [2.75, 3.05) is 5.32 Å². The SMILES string of the molecule is CC(C)c1cc(-c2ccnc(NC(=O)C3CC3)c2)ccc1CNC(=O)c1noc(C(C)(C)C)n1. The number of hydrogen-bond donors (Lipinski definition) is 2. The van der Waals surface area contributed by atoms with Gasteiger partial charge in [-0.2, -0.15) is 4.98 Å². The fourth-order valence-electron chi connectivity index (χ4n) is 3.60. The smallest absolute Gasteiger partial charge is 0.292 e. The van der Waals surface area contributed by atoms with Crippen LogP contribution in [-0.2, 0) is 16.8 Å². The maximum Gasteiger partial charge on any atom is 0.292 e. The molecule has 1 fully saturated rings. The van der Waals surface area contributed by atoms with E-state index >= 15 is 0 Å². The van der Waals surface area contributed by atoms with Gasteiger partial charge in [0.15, 0.2) is 0 Å². The Morgan fingerprint density at radius 2 is 1.85 bits per heavy atom. The maximum atomic E-state index is 12.6. The summed E-state index contributed by atoms with van der Waals surface area (Å²) in [6.07, 6.45) is 3.61. The normalized spacial score (nSPS) is 13.7. The second-order valence-corrected chi connectivity index (χ2v) is 10.1. The number of nitrogens with one attached hydrogen (secondary N) is 2. The maximum absolute atomic E-state index is 12.6. The molecule has 2 N–H and O–H groups in total. The van der Waals surface area contributed by atoms with Gasteiger partial charge in [0, 0.05) is 24.1 Å². The van der Waals surface area contributed by atoms with Gasteiger partial charge < -0.3 is 15.2 Å². The molecule has 2 aromatic heterocycles. The van der Waals surface area contributed by atoms with Gasteiger partial charge in [-0.05, 0) is 53.1 Å². The fourth-order valence-corrected chi connectivity index (χ4v) is 3.60. The number of carbonyl (C=O) groups excluding carboxylic acids is 2. The molecule has 2 amide bonds. The molecule has 1 aliphatic rings. The highest BCUT2D eigenvalue weighted by molar-refractivity contribution is 5.93. The van der Waals surface area contributed by atoms with Crippen LogP contribution >= 0.6 is 0 Å². The molecule has 0 unspecified atom stereocenters. The molecule has 0 spiro atoms. The average Bonchev–Trinajstić information content (AvgIpc) is 3.52. The third kappa shape index (κ3) is 5.50. The van der Waals surface area contributed by atoms with Gasteiger partial charge in [0.2, 0.25) is 11.8 Å². The minimum absolute atomic E-state index is 0.0326. The zero-order valence-corrected chi connectivity index (χ0v) is 20.3. The average molecular weight is 462 g/mol. The number of pyridine rings is 1. The first-order chi connectivity index (χ1) is 16.1. The standard InChI is InChI=1S/C26H31N5O3/c1-15(2)20-12-17(18-10-11-27-21(13-18)29-23(32)16-6-7-16)8-9-19(20)14-28-24(33)22-30-25(34-31-22)26(3,4)5/h8-13,15-16H,6-7,14H2,1-5H3,(H,28,33)(H,27,29,32). The van der Waals surface area contributed by atoms with E-state index in [0.717, 1.165) is 35.1 Å². The molecule has 1 saturated carbocycles.